The molecule has 0 aromatic heterocycles. The first-order chi connectivity index (χ1) is 9.06. The van der Waals surface area contributed by atoms with Crippen LogP contribution < -0.4 is 11.1 Å². The quantitative estimate of drug-likeness (QED) is 0.831. The Kier molecular flexibility index (Phi) is 3.80. The number of anilines is 1. The maximum Gasteiger partial charge on any atom is 0.251 e. The summed E-state index contributed by atoms with van der Waals surface area (Å²) in [6.45, 7) is 2.21. The number of rotatable bonds is 3. The summed E-state index contributed by atoms with van der Waals surface area (Å²) >= 11 is 0. The average Bonchev–Trinajstić information content (AvgIpc) is 2.40. The Bertz CT molecular complexity index is 594. The summed E-state index contributed by atoms with van der Waals surface area (Å²) in [4.78, 5) is 12.0. The van der Waals surface area contributed by atoms with Crippen molar-refractivity contribution < 1.29 is 9.18 Å². The first-order valence-electron chi connectivity index (χ1n) is 5.95. The van der Waals surface area contributed by atoms with E-state index >= 15 is 0 Å². The summed E-state index contributed by atoms with van der Waals surface area (Å²) in [7, 11) is 0. The molecular formula is C15H15FN2O. The number of nitrogen functional groups attached to an aromatic ring is 1. The monoisotopic (exact) mass is 258 g/mol. The molecule has 2 aromatic rings. The summed E-state index contributed by atoms with van der Waals surface area (Å²) in [6.07, 6.45) is 0. The molecule has 98 valence electrons. The largest absolute Gasteiger partial charge is 0.399 e. The summed E-state index contributed by atoms with van der Waals surface area (Å²) in [5.74, 6) is -0.476. The van der Waals surface area contributed by atoms with Gasteiger partial charge in [-0.15, -0.1) is 0 Å². The average molecular weight is 258 g/mol. The Hall–Kier alpha value is -2.36. The van der Waals surface area contributed by atoms with Crippen LogP contribution in [-0.2, 0) is 6.54 Å². The summed E-state index contributed by atoms with van der Waals surface area (Å²) in [5.41, 5.74) is 8.49. The van der Waals surface area contributed by atoms with Gasteiger partial charge in [0.1, 0.15) is 5.82 Å². The summed E-state index contributed by atoms with van der Waals surface area (Å²) in [6, 6.07) is 11.2. The molecule has 0 spiro atoms. The third-order valence-electron chi connectivity index (χ3n) is 2.87. The molecular weight excluding hydrogens is 243 g/mol. The number of halogens is 1. The van der Waals surface area contributed by atoms with Crippen molar-refractivity contribution in [2.75, 3.05) is 5.73 Å². The van der Waals surface area contributed by atoms with Gasteiger partial charge in [0.2, 0.25) is 0 Å². The number of hydrogen-bond acceptors (Lipinski definition) is 2. The van der Waals surface area contributed by atoms with Gasteiger partial charge >= 0.3 is 0 Å². The van der Waals surface area contributed by atoms with E-state index in [1.54, 1.807) is 24.3 Å². The second-order valence-electron chi connectivity index (χ2n) is 4.38. The zero-order valence-corrected chi connectivity index (χ0v) is 10.6. The van der Waals surface area contributed by atoms with Crippen molar-refractivity contribution in [3.05, 3.63) is 65.0 Å². The lowest BCUT2D eigenvalue weighted by Crippen LogP contribution is -2.23. The molecule has 2 aromatic carbocycles. The molecule has 3 N–H and O–H groups in total. The maximum atomic E-state index is 12.7. The van der Waals surface area contributed by atoms with Crippen molar-refractivity contribution in [1.29, 1.82) is 0 Å². The van der Waals surface area contributed by atoms with Gasteiger partial charge in [-0.25, -0.2) is 4.39 Å². The minimum atomic E-state index is -0.290. The number of amides is 1. The maximum absolute atomic E-state index is 12.7. The molecule has 0 aliphatic carbocycles. The van der Waals surface area contributed by atoms with Gasteiger partial charge < -0.3 is 11.1 Å². The fraction of sp³-hybridized carbons (Fsp3) is 0.133. The predicted octanol–water partition coefficient (Wildman–Crippen LogP) is 2.65. The number of nitrogens with one attached hydrogen (secondary N) is 1. The number of hydrogen-bond donors (Lipinski definition) is 2. The van der Waals surface area contributed by atoms with Crippen molar-refractivity contribution in [1.82, 2.24) is 5.32 Å². The smallest absolute Gasteiger partial charge is 0.251 e. The number of benzene rings is 2. The Labute approximate surface area is 111 Å². The van der Waals surface area contributed by atoms with E-state index in [9.17, 15) is 9.18 Å². The molecule has 0 unspecified atom stereocenters. The SMILES string of the molecule is Cc1ccc(N)cc1C(=O)NCc1ccc(F)cc1. The van der Waals surface area contributed by atoms with Crippen LogP contribution in [-0.4, -0.2) is 5.91 Å². The Morgan fingerprint density at radius 1 is 1.21 bits per heavy atom. The second kappa shape index (κ2) is 5.52. The van der Waals surface area contributed by atoms with E-state index in [2.05, 4.69) is 5.32 Å². The van der Waals surface area contributed by atoms with Crippen molar-refractivity contribution in [3.63, 3.8) is 0 Å². The van der Waals surface area contributed by atoms with E-state index in [-0.39, 0.29) is 11.7 Å². The van der Waals surface area contributed by atoms with Crippen molar-refractivity contribution >= 4 is 11.6 Å². The fourth-order valence-corrected chi connectivity index (χ4v) is 1.76. The highest BCUT2D eigenvalue weighted by Crippen LogP contribution is 2.12. The van der Waals surface area contributed by atoms with E-state index in [1.807, 2.05) is 13.0 Å². The van der Waals surface area contributed by atoms with Crippen LogP contribution in [0, 0.1) is 12.7 Å². The topological polar surface area (TPSA) is 55.1 Å². The van der Waals surface area contributed by atoms with Gasteiger partial charge in [0, 0.05) is 17.8 Å². The lowest BCUT2D eigenvalue weighted by atomic mass is 10.1. The minimum absolute atomic E-state index is 0.186. The number of aryl methyl sites for hydroxylation is 1. The van der Waals surface area contributed by atoms with Crippen molar-refractivity contribution in [2.24, 2.45) is 0 Å². The van der Waals surface area contributed by atoms with Crippen molar-refractivity contribution in [2.45, 2.75) is 13.5 Å². The lowest BCUT2D eigenvalue weighted by Gasteiger charge is -2.08. The van der Waals surface area contributed by atoms with Gasteiger partial charge in [0.05, 0.1) is 0 Å². The van der Waals surface area contributed by atoms with Gasteiger partial charge in [-0.05, 0) is 42.3 Å². The van der Waals surface area contributed by atoms with Crippen LogP contribution in [0.1, 0.15) is 21.5 Å². The van der Waals surface area contributed by atoms with E-state index in [0.717, 1.165) is 11.1 Å². The number of carbonyl (C=O) groups excluding carboxylic acids is 1. The van der Waals surface area contributed by atoms with E-state index in [4.69, 9.17) is 5.73 Å². The molecule has 0 aliphatic rings. The van der Waals surface area contributed by atoms with E-state index in [0.29, 0.717) is 17.8 Å². The molecule has 0 heterocycles. The molecule has 0 saturated carbocycles. The highest BCUT2D eigenvalue weighted by molar-refractivity contribution is 5.96. The van der Waals surface area contributed by atoms with Crippen LogP contribution in [0.3, 0.4) is 0 Å². The highest BCUT2D eigenvalue weighted by Gasteiger charge is 2.08. The molecule has 0 bridgehead atoms. The number of carbonyl (C=O) groups is 1. The van der Waals surface area contributed by atoms with Crippen LogP contribution >= 0.6 is 0 Å². The van der Waals surface area contributed by atoms with Crippen LogP contribution in [0.4, 0.5) is 10.1 Å². The second-order valence-corrected chi connectivity index (χ2v) is 4.38. The van der Waals surface area contributed by atoms with E-state index < -0.39 is 0 Å². The first-order valence-corrected chi connectivity index (χ1v) is 5.95. The molecule has 0 atom stereocenters. The number of nitrogens with two attached hydrogens (primary N) is 1. The zero-order valence-electron chi connectivity index (χ0n) is 10.6. The zero-order chi connectivity index (χ0) is 13.8. The first kappa shape index (κ1) is 13.1. The molecule has 0 fully saturated rings. The van der Waals surface area contributed by atoms with Crippen molar-refractivity contribution in [3.8, 4) is 0 Å². The molecule has 3 nitrogen and oxygen atoms in total. The third kappa shape index (κ3) is 3.31. The molecule has 0 aliphatic heterocycles. The van der Waals surface area contributed by atoms with Crippen LogP contribution in [0.25, 0.3) is 0 Å². The van der Waals surface area contributed by atoms with Gasteiger partial charge in [-0.2, -0.15) is 0 Å². The lowest BCUT2D eigenvalue weighted by molar-refractivity contribution is 0.0950. The summed E-state index contributed by atoms with van der Waals surface area (Å²) < 4.78 is 12.7. The Morgan fingerprint density at radius 2 is 1.89 bits per heavy atom. The molecule has 4 heteroatoms. The third-order valence-corrected chi connectivity index (χ3v) is 2.87. The highest BCUT2D eigenvalue weighted by atomic mass is 19.1. The Balaban J connectivity index is 2.05. The van der Waals surface area contributed by atoms with E-state index in [1.165, 1.54) is 12.1 Å². The van der Waals surface area contributed by atoms with Gasteiger partial charge in [-0.1, -0.05) is 18.2 Å². The van der Waals surface area contributed by atoms with Crippen LogP contribution in [0.5, 0.6) is 0 Å². The fourth-order valence-electron chi connectivity index (χ4n) is 1.76. The van der Waals surface area contributed by atoms with Gasteiger partial charge in [0.25, 0.3) is 5.91 Å². The molecule has 1 amide bonds. The van der Waals surface area contributed by atoms with Gasteiger partial charge in [-0.3, -0.25) is 4.79 Å². The standard InChI is InChI=1S/C15H15FN2O/c1-10-2-7-13(17)8-14(10)15(19)18-9-11-3-5-12(16)6-4-11/h2-8H,9,17H2,1H3,(H,18,19). The normalized spacial score (nSPS) is 10.2. The molecule has 2 rings (SSSR count). The molecule has 19 heavy (non-hydrogen) atoms. The Morgan fingerprint density at radius 3 is 2.58 bits per heavy atom. The minimum Gasteiger partial charge on any atom is -0.399 e. The molecule has 0 saturated heterocycles. The van der Waals surface area contributed by atoms with Gasteiger partial charge in [0.15, 0.2) is 0 Å². The molecule has 0 radical (unpaired) electrons. The predicted molar refractivity (Wildman–Crippen MR) is 73.2 cm³/mol. The van der Waals surface area contributed by atoms with Crippen LogP contribution in [0.15, 0.2) is 42.5 Å². The van der Waals surface area contributed by atoms with Crippen LogP contribution in [0.2, 0.25) is 0 Å². The summed E-state index contributed by atoms with van der Waals surface area (Å²) in [5, 5.41) is 2.79.